The van der Waals surface area contributed by atoms with Crippen LogP contribution >= 0.6 is 0 Å². The third kappa shape index (κ3) is 11.3. The number of azo groups is 2. The average molecular weight is 787 g/mol. The van der Waals surface area contributed by atoms with Crippen LogP contribution in [0.2, 0.25) is 0 Å². The van der Waals surface area contributed by atoms with Gasteiger partial charge in [-0.3, -0.25) is 13.7 Å². The summed E-state index contributed by atoms with van der Waals surface area (Å²) in [4.78, 5) is -1.87. The highest BCUT2D eigenvalue weighted by Crippen LogP contribution is 2.39. The van der Waals surface area contributed by atoms with E-state index in [1.165, 1.54) is 25.1 Å². The summed E-state index contributed by atoms with van der Waals surface area (Å²) >= 11 is 0. The minimum Gasteiger partial charge on any atom is -0.397 e. The second kappa shape index (κ2) is 14.9. The normalized spacial score (nSPS) is 13.4. The van der Waals surface area contributed by atoms with Gasteiger partial charge in [0.05, 0.1) is 51.6 Å². The van der Waals surface area contributed by atoms with Gasteiger partial charge >= 0.3 is 20.8 Å². The van der Waals surface area contributed by atoms with Gasteiger partial charge in [0, 0.05) is 0 Å². The van der Waals surface area contributed by atoms with Crippen LogP contribution in [0.15, 0.2) is 83.7 Å². The Morgan fingerprint density at radius 2 is 1.02 bits per heavy atom. The maximum Gasteiger partial charge on any atom is 0.397 e. The Balaban J connectivity index is 1.90. The van der Waals surface area contributed by atoms with Crippen molar-refractivity contribution < 1.29 is 64.1 Å². The summed E-state index contributed by atoms with van der Waals surface area (Å²) < 4.78 is 151. The molecule has 0 aliphatic carbocycles. The van der Waals surface area contributed by atoms with Crippen molar-refractivity contribution in [2.24, 2.45) is 20.5 Å². The Kier molecular flexibility index (Phi) is 12.0. The van der Waals surface area contributed by atoms with Crippen molar-refractivity contribution in [1.82, 2.24) is 0 Å². The summed E-state index contributed by atoms with van der Waals surface area (Å²) in [5, 5.41) is 15.6. The van der Waals surface area contributed by atoms with Crippen LogP contribution in [0.25, 0.3) is 0 Å². The lowest BCUT2D eigenvalue weighted by atomic mass is 10.1. The molecule has 21 nitrogen and oxygen atoms in total. The molecule has 0 amide bonds. The molecule has 0 radical (unpaired) electrons. The predicted octanol–water partition coefficient (Wildman–Crippen LogP) is 2.42. The van der Waals surface area contributed by atoms with Gasteiger partial charge < -0.3 is 11.5 Å². The van der Waals surface area contributed by atoms with Crippen LogP contribution in [0.1, 0.15) is 5.56 Å². The molecular weight excluding hydrogens is 761 g/mol. The standard InChI is InChI=1S/C23H26N6O15S5/c1-14-22(24)19(28-26-15-2-4-16(5-3-15)45(30,31)10-8-43-48(37,38)39)13-20(23(14)25)29-27-18-7-6-17(12-21(18)47(34,35)36)46(32,33)11-9-44-49(40,41)42/h2-7,12-13H,8-11,24-25H2,1H3,(H,34,35,36)(H,37,38,39)(H,40,41,42). The molecule has 0 saturated carbocycles. The van der Waals surface area contributed by atoms with Crippen molar-refractivity contribution in [2.45, 2.75) is 21.6 Å². The summed E-state index contributed by atoms with van der Waals surface area (Å²) in [6.07, 6.45) is 0. The third-order valence-electron chi connectivity index (χ3n) is 6.10. The fourth-order valence-electron chi connectivity index (χ4n) is 3.63. The molecule has 0 fully saturated rings. The van der Waals surface area contributed by atoms with Crippen LogP contribution in [0.4, 0.5) is 34.1 Å². The molecule has 49 heavy (non-hydrogen) atoms. The molecule has 3 rings (SSSR count). The summed E-state index contributed by atoms with van der Waals surface area (Å²) in [5.41, 5.74) is 11.9. The van der Waals surface area contributed by atoms with Crippen molar-refractivity contribution in [3.63, 3.8) is 0 Å². The van der Waals surface area contributed by atoms with Crippen molar-refractivity contribution in [3.05, 3.63) is 54.1 Å². The summed E-state index contributed by atoms with van der Waals surface area (Å²) in [6, 6.07) is 8.39. The maximum absolute atomic E-state index is 12.5. The molecule has 0 aliphatic rings. The Bertz CT molecular complexity index is 2360. The van der Waals surface area contributed by atoms with E-state index in [9.17, 15) is 46.6 Å². The van der Waals surface area contributed by atoms with Crippen molar-refractivity contribution in [2.75, 3.05) is 36.2 Å². The number of rotatable bonds is 15. The molecule has 0 saturated heterocycles. The first kappa shape index (κ1) is 39.4. The smallest absolute Gasteiger partial charge is 0.397 e. The Labute approximate surface area is 280 Å². The molecule has 0 bridgehead atoms. The van der Waals surface area contributed by atoms with Crippen LogP contribution < -0.4 is 11.5 Å². The van der Waals surface area contributed by atoms with Gasteiger partial charge in [0.1, 0.15) is 22.0 Å². The van der Waals surface area contributed by atoms with Crippen molar-refractivity contribution in [1.29, 1.82) is 0 Å². The number of anilines is 2. The molecule has 26 heteroatoms. The molecule has 3 aromatic carbocycles. The van der Waals surface area contributed by atoms with E-state index < -0.39 is 90.8 Å². The van der Waals surface area contributed by atoms with Gasteiger partial charge in [0.25, 0.3) is 10.1 Å². The molecule has 7 N–H and O–H groups in total. The SMILES string of the molecule is Cc1c(N)c(N=Nc2ccc(S(=O)(=O)CCOS(=O)(=O)O)cc2)cc(N=Nc2ccc(S(=O)(=O)CCOS(=O)(=O)O)cc2S(=O)(=O)O)c1N. The van der Waals surface area contributed by atoms with E-state index in [1.54, 1.807) is 0 Å². The number of hydrogen-bond acceptors (Lipinski definition) is 18. The second-order valence-corrected chi connectivity index (χ2v) is 17.3. The average Bonchev–Trinajstić information content (AvgIpc) is 2.97. The molecule has 268 valence electrons. The van der Waals surface area contributed by atoms with Gasteiger partial charge in [-0.25, -0.2) is 25.2 Å². The topological polar surface area (TPSA) is 351 Å². The van der Waals surface area contributed by atoms with E-state index in [4.69, 9.17) is 20.6 Å². The van der Waals surface area contributed by atoms with Crippen LogP contribution in [-0.2, 0) is 59.0 Å². The Morgan fingerprint density at radius 3 is 1.49 bits per heavy atom. The molecule has 0 aliphatic heterocycles. The monoisotopic (exact) mass is 786 g/mol. The van der Waals surface area contributed by atoms with Gasteiger partial charge in [-0.05, 0) is 61.0 Å². The van der Waals surface area contributed by atoms with E-state index in [0.29, 0.717) is 6.07 Å². The molecule has 0 unspecified atom stereocenters. The van der Waals surface area contributed by atoms with E-state index >= 15 is 0 Å². The molecule has 0 atom stereocenters. The quantitative estimate of drug-likeness (QED) is 0.0838. The molecule has 0 aromatic heterocycles. The highest BCUT2D eigenvalue weighted by Gasteiger charge is 2.23. The second-order valence-electron chi connectivity index (χ2n) is 9.50. The van der Waals surface area contributed by atoms with E-state index in [0.717, 1.165) is 24.3 Å². The zero-order chi connectivity index (χ0) is 37.0. The fraction of sp³-hybridized carbons (Fsp3) is 0.217. The van der Waals surface area contributed by atoms with Gasteiger partial charge in [-0.1, -0.05) is 0 Å². The highest BCUT2D eigenvalue weighted by atomic mass is 32.3. The molecule has 3 aromatic rings. The largest absolute Gasteiger partial charge is 0.397 e. The fourth-order valence-corrected chi connectivity index (χ4v) is 7.35. The minimum atomic E-state index is -5.11. The van der Waals surface area contributed by atoms with Crippen molar-refractivity contribution >= 4 is 84.7 Å². The predicted molar refractivity (Wildman–Crippen MR) is 170 cm³/mol. The number of sulfone groups is 2. The number of nitrogens with zero attached hydrogens (tertiary/aromatic N) is 4. The number of nitrogen functional groups attached to an aromatic ring is 2. The summed E-state index contributed by atoms with van der Waals surface area (Å²) in [5.74, 6) is -1.74. The lowest BCUT2D eigenvalue weighted by Crippen LogP contribution is -2.16. The zero-order valence-electron chi connectivity index (χ0n) is 24.7. The molecule has 0 heterocycles. The molecular formula is C23H26N6O15S5. The van der Waals surface area contributed by atoms with E-state index in [-0.39, 0.29) is 38.9 Å². The van der Waals surface area contributed by atoms with E-state index in [2.05, 4.69) is 28.8 Å². The lowest BCUT2D eigenvalue weighted by Gasteiger charge is -2.10. The van der Waals surface area contributed by atoms with Crippen LogP contribution in [-0.4, -0.2) is 80.5 Å². The number of hydrogen-bond donors (Lipinski definition) is 5. The van der Waals surface area contributed by atoms with Crippen LogP contribution in [0.3, 0.4) is 0 Å². The first-order valence-corrected chi connectivity index (χ1v) is 20.3. The van der Waals surface area contributed by atoms with Crippen LogP contribution in [0.5, 0.6) is 0 Å². The first-order valence-electron chi connectivity index (χ1n) is 12.8. The van der Waals surface area contributed by atoms with Gasteiger partial charge in [0.2, 0.25) is 0 Å². The van der Waals surface area contributed by atoms with Gasteiger partial charge in [-0.2, -0.15) is 30.4 Å². The number of nitrogens with two attached hydrogens (primary N) is 2. The van der Waals surface area contributed by atoms with E-state index in [1.807, 2.05) is 0 Å². The third-order valence-corrected chi connectivity index (χ3v) is 11.3. The Hall–Kier alpha value is -3.99. The number of benzene rings is 3. The lowest BCUT2D eigenvalue weighted by molar-refractivity contribution is 0.282. The summed E-state index contributed by atoms with van der Waals surface area (Å²) in [6.45, 7) is -0.326. The highest BCUT2D eigenvalue weighted by molar-refractivity contribution is 7.92. The minimum absolute atomic E-state index is 0.0109. The zero-order valence-corrected chi connectivity index (χ0v) is 28.8. The molecule has 0 spiro atoms. The first-order chi connectivity index (χ1) is 22.4. The van der Waals surface area contributed by atoms with Gasteiger partial charge in [-0.15, -0.1) is 15.3 Å². The van der Waals surface area contributed by atoms with Crippen LogP contribution in [0, 0.1) is 6.92 Å². The van der Waals surface area contributed by atoms with Crippen molar-refractivity contribution in [3.8, 4) is 0 Å². The Morgan fingerprint density at radius 1 is 0.592 bits per heavy atom. The van der Waals surface area contributed by atoms with Gasteiger partial charge in [0.15, 0.2) is 19.7 Å². The maximum atomic E-state index is 12.5. The summed E-state index contributed by atoms with van der Waals surface area (Å²) in [7, 11) is -23.3.